The van der Waals surface area contributed by atoms with Crippen molar-refractivity contribution in [3.63, 3.8) is 0 Å². The van der Waals surface area contributed by atoms with Crippen LogP contribution < -0.4 is 0 Å². The number of hydrogen-bond donors (Lipinski definition) is 1. The van der Waals surface area contributed by atoms with Crippen LogP contribution in [0.4, 0.5) is 0 Å². The number of rotatable bonds is 2. The number of piperidine rings is 1. The summed E-state index contributed by atoms with van der Waals surface area (Å²) in [6.07, 6.45) is 10.8. The molecule has 0 unspecified atom stereocenters. The van der Waals surface area contributed by atoms with Crippen LogP contribution in [0.1, 0.15) is 29.6 Å². The van der Waals surface area contributed by atoms with E-state index >= 15 is 0 Å². The first-order chi connectivity index (χ1) is 12.8. The largest absolute Gasteiger partial charge is 0.346 e. The molecule has 5 rings (SSSR count). The molecule has 0 aliphatic carbocycles. The van der Waals surface area contributed by atoms with E-state index in [2.05, 4.69) is 21.1 Å². The summed E-state index contributed by atoms with van der Waals surface area (Å²) < 4.78 is 1.81. The molecule has 1 aliphatic rings. The minimum atomic E-state index is 0.110. The smallest absolute Gasteiger partial charge is 0.253 e. The van der Waals surface area contributed by atoms with E-state index in [1.165, 1.54) is 6.42 Å². The van der Waals surface area contributed by atoms with Gasteiger partial charge in [0.1, 0.15) is 5.65 Å². The second-order valence-electron chi connectivity index (χ2n) is 6.80. The van der Waals surface area contributed by atoms with Gasteiger partial charge in [0.25, 0.3) is 5.91 Å². The molecule has 0 saturated carbocycles. The van der Waals surface area contributed by atoms with E-state index in [-0.39, 0.29) is 5.91 Å². The number of nitrogens with zero attached hydrogens (tertiary/aromatic N) is 4. The fraction of sp³-hybridized carbons (Fsp3) is 0.250. The third-order valence-corrected chi connectivity index (χ3v) is 5.12. The Morgan fingerprint density at radius 2 is 1.96 bits per heavy atom. The molecule has 1 fully saturated rings. The molecule has 6 heteroatoms. The van der Waals surface area contributed by atoms with Gasteiger partial charge in [0, 0.05) is 53.8 Å². The van der Waals surface area contributed by atoms with E-state index in [1.54, 1.807) is 0 Å². The first kappa shape index (κ1) is 15.1. The molecule has 4 aromatic rings. The van der Waals surface area contributed by atoms with Gasteiger partial charge >= 0.3 is 0 Å². The maximum atomic E-state index is 12.8. The molecule has 26 heavy (non-hydrogen) atoms. The lowest BCUT2D eigenvalue weighted by Gasteiger charge is -2.26. The molecule has 1 saturated heterocycles. The quantitative estimate of drug-likeness (QED) is 0.605. The van der Waals surface area contributed by atoms with E-state index in [4.69, 9.17) is 0 Å². The lowest BCUT2D eigenvalue weighted by molar-refractivity contribution is 0.0724. The van der Waals surface area contributed by atoms with Crippen molar-refractivity contribution in [2.75, 3.05) is 13.1 Å². The number of nitrogens with one attached hydrogen (secondary N) is 1. The number of hydrogen-bond acceptors (Lipinski definition) is 3. The minimum absolute atomic E-state index is 0.110. The Hall–Kier alpha value is -3.15. The zero-order chi connectivity index (χ0) is 17.5. The summed E-state index contributed by atoms with van der Waals surface area (Å²) in [6.45, 7) is 1.70. The van der Waals surface area contributed by atoms with Crippen LogP contribution in [-0.4, -0.2) is 43.5 Å². The fourth-order valence-corrected chi connectivity index (χ4v) is 3.70. The lowest BCUT2D eigenvalue weighted by Crippen LogP contribution is -2.35. The van der Waals surface area contributed by atoms with Crippen LogP contribution in [0.15, 0.2) is 49.1 Å². The molecule has 1 N–H and O–H groups in total. The monoisotopic (exact) mass is 345 g/mol. The number of aromatic nitrogens is 4. The van der Waals surface area contributed by atoms with Gasteiger partial charge < -0.3 is 9.88 Å². The van der Waals surface area contributed by atoms with Crippen molar-refractivity contribution in [1.82, 2.24) is 24.5 Å². The highest BCUT2D eigenvalue weighted by molar-refractivity contribution is 5.97. The van der Waals surface area contributed by atoms with E-state index in [1.807, 2.05) is 52.4 Å². The van der Waals surface area contributed by atoms with Crippen LogP contribution in [0.5, 0.6) is 0 Å². The average Bonchev–Trinajstić information content (AvgIpc) is 3.33. The minimum Gasteiger partial charge on any atom is -0.346 e. The molecular weight excluding hydrogens is 326 g/mol. The molecule has 1 aliphatic heterocycles. The Morgan fingerprint density at radius 3 is 2.85 bits per heavy atom. The van der Waals surface area contributed by atoms with Gasteiger partial charge in [0.05, 0.1) is 11.7 Å². The zero-order valence-electron chi connectivity index (χ0n) is 14.4. The van der Waals surface area contributed by atoms with Crippen LogP contribution in [0, 0.1) is 0 Å². The molecule has 0 spiro atoms. The van der Waals surface area contributed by atoms with Gasteiger partial charge in [-0.25, -0.2) is 9.50 Å². The number of aromatic amines is 1. The summed E-state index contributed by atoms with van der Waals surface area (Å²) in [6, 6.07) is 7.90. The number of likely N-dealkylation sites (tertiary alicyclic amines) is 1. The van der Waals surface area contributed by atoms with Crippen molar-refractivity contribution in [2.45, 2.75) is 19.3 Å². The average molecular weight is 345 g/mol. The molecule has 5 heterocycles. The Kier molecular flexibility index (Phi) is 3.48. The third kappa shape index (κ3) is 2.45. The van der Waals surface area contributed by atoms with Crippen molar-refractivity contribution >= 4 is 22.5 Å². The summed E-state index contributed by atoms with van der Waals surface area (Å²) in [5, 5.41) is 5.49. The molecule has 0 atom stereocenters. The number of carbonyl (C=O) groups is 1. The molecule has 6 nitrogen and oxygen atoms in total. The Labute approximate surface area is 150 Å². The Morgan fingerprint density at radius 1 is 1.08 bits per heavy atom. The third-order valence-electron chi connectivity index (χ3n) is 5.12. The first-order valence-corrected chi connectivity index (χ1v) is 9.00. The van der Waals surface area contributed by atoms with Crippen molar-refractivity contribution in [3.05, 3.63) is 54.6 Å². The summed E-state index contributed by atoms with van der Waals surface area (Å²) in [5.41, 5.74) is 4.48. The van der Waals surface area contributed by atoms with Gasteiger partial charge in [-0.1, -0.05) is 0 Å². The second kappa shape index (κ2) is 5.98. The van der Waals surface area contributed by atoms with E-state index in [0.717, 1.165) is 59.2 Å². The Bertz CT molecular complexity index is 1100. The lowest BCUT2D eigenvalue weighted by atomic mass is 10.1. The number of H-pyrrole nitrogens is 1. The predicted molar refractivity (Wildman–Crippen MR) is 100 cm³/mol. The maximum absolute atomic E-state index is 12.8. The summed E-state index contributed by atoms with van der Waals surface area (Å²) in [7, 11) is 0. The number of pyridine rings is 2. The van der Waals surface area contributed by atoms with Gasteiger partial charge in [-0.2, -0.15) is 5.10 Å². The summed E-state index contributed by atoms with van der Waals surface area (Å²) in [4.78, 5) is 22.4. The number of amides is 1. The van der Waals surface area contributed by atoms with Crippen molar-refractivity contribution in [1.29, 1.82) is 0 Å². The van der Waals surface area contributed by atoms with E-state index < -0.39 is 0 Å². The number of fused-ring (bicyclic) bond motifs is 2. The highest BCUT2D eigenvalue weighted by Crippen LogP contribution is 2.27. The Balaban J connectivity index is 1.57. The zero-order valence-corrected chi connectivity index (χ0v) is 14.4. The molecular formula is C20H19N5O. The van der Waals surface area contributed by atoms with Crippen LogP contribution in [-0.2, 0) is 0 Å². The maximum Gasteiger partial charge on any atom is 0.253 e. The summed E-state index contributed by atoms with van der Waals surface area (Å²) in [5.74, 6) is 0.110. The molecule has 1 amide bonds. The summed E-state index contributed by atoms with van der Waals surface area (Å²) >= 11 is 0. The predicted octanol–water partition coefficient (Wildman–Crippen LogP) is 3.50. The van der Waals surface area contributed by atoms with Crippen molar-refractivity contribution < 1.29 is 4.79 Å². The fourth-order valence-electron chi connectivity index (χ4n) is 3.70. The standard InChI is InChI=1S/C20H19N5O/c26-20(24-7-2-1-3-8-24)15-5-9-25-18(11-15)17(13-23-25)16-10-14-4-6-21-19(14)22-12-16/h4-6,9-13H,1-3,7-8H2,(H,21,22). The SMILES string of the molecule is O=C(c1ccn2ncc(-c3cnc4[nH]ccc4c3)c2c1)N1CCCCC1. The topological polar surface area (TPSA) is 66.3 Å². The van der Waals surface area contributed by atoms with Crippen LogP contribution in [0.25, 0.3) is 27.7 Å². The van der Waals surface area contributed by atoms with Crippen molar-refractivity contribution in [2.24, 2.45) is 0 Å². The molecule has 0 bridgehead atoms. The molecule has 0 radical (unpaired) electrons. The van der Waals surface area contributed by atoms with Crippen molar-refractivity contribution in [3.8, 4) is 11.1 Å². The van der Waals surface area contributed by atoms with Crippen LogP contribution in [0.2, 0.25) is 0 Å². The molecule has 130 valence electrons. The first-order valence-electron chi connectivity index (χ1n) is 9.00. The second-order valence-corrected chi connectivity index (χ2v) is 6.80. The highest BCUT2D eigenvalue weighted by Gasteiger charge is 2.19. The van der Waals surface area contributed by atoms with Gasteiger partial charge in [-0.05, 0) is 43.5 Å². The van der Waals surface area contributed by atoms with Gasteiger partial charge in [-0.3, -0.25) is 4.79 Å². The normalized spacial score (nSPS) is 15.0. The van der Waals surface area contributed by atoms with Gasteiger partial charge in [-0.15, -0.1) is 0 Å². The highest BCUT2D eigenvalue weighted by atomic mass is 16.2. The number of carbonyl (C=O) groups excluding carboxylic acids is 1. The van der Waals surface area contributed by atoms with Gasteiger partial charge in [0.15, 0.2) is 0 Å². The van der Waals surface area contributed by atoms with E-state index in [9.17, 15) is 4.79 Å². The van der Waals surface area contributed by atoms with E-state index in [0.29, 0.717) is 0 Å². The van der Waals surface area contributed by atoms with Crippen LogP contribution in [0.3, 0.4) is 0 Å². The van der Waals surface area contributed by atoms with Gasteiger partial charge in [0.2, 0.25) is 0 Å². The molecule has 4 aromatic heterocycles. The van der Waals surface area contributed by atoms with Crippen LogP contribution >= 0.6 is 0 Å². The molecule has 0 aromatic carbocycles.